The van der Waals surface area contributed by atoms with Gasteiger partial charge >= 0.3 is 5.97 Å². The summed E-state index contributed by atoms with van der Waals surface area (Å²) in [6, 6.07) is 13.1. The molecule has 0 fully saturated rings. The molecule has 0 aliphatic heterocycles. The molecular weight excluding hydrogens is 288 g/mol. The standard InChI is InChI=1S/C16H17ClN2O2/c17-14-10-12(18)9-13(16(20)21)15(14)19-8-4-7-11-5-2-1-3-6-11/h1-3,5-6,9-10,19H,4,7-8,18H2,(H,20,21). The number of nitrogen functional groups attached to an aromatic ring is 1. The van der Waals surface area contributed by atoms with Crippen LogP contribution in [0.1, 0.15) is 22.3 Å². The lowest BCUT2D eigenvalue weighted by molar-refractivity contribution is 0.0698. The van der Waals surface area contributed by atoms with Crippen molar-refractivity contribution in [3.8, 4) is 0 Å². The SMILES string of the molecule is Nc1cc(Cl)c(NCCCc2ccccc2)c(C(=O)O)c1. The lowest BCUT2D eigenvalue weighted by atomic mass is 10.1. The molecule has 2 rings (SSSR count). The van der Waals surface area contributed by atoms with Crippen molar-refractivity contribution in [2.75, 3.05) is 17.6 Å². The summed E-state index contributed by atoms with van der Waals surface area (Å²) in [5.41, 5.74) is 7.73. The van der Waals surface area contributed by atoms with Crippen LogP contribution in [0.25, 0.3) is 0 Å². The van der Waals surface area contributed by atoms with Gasteiger partial charge in [0, 0.05) is 12.2 Å². The molecule has 21 heavy (non-hydrogen) atoms. The van der Waals surface area contributed by atoms with E-state index in [1.807, 2.05) is 18.2 Å². The van der Waals surface area contributed by atoms with Crippen LogP contribution in [0.2, 0.25) is 5.02 Å². The summed E-state index contributed by atoms with van der Waals surface area (Å²) < 4.78 is 0. The fourth-order valence-corrected chi connectivity index (χ4v) is 2.42. The predicted octanol–water partition coefficient (Wildman–Crippen LogP) is 3.67. The quantitative estimate of drug-likeness (QED) is 0.562. The van der Waals surface area contributed by atoms with Gasteiger partial charge in [-0.25, -0.2) is 4.79 Å². The molecule has 2 aromatic rings. The van der Waals surface area contributed by atoms with Gasteiger partial charge in [-0.05, 0) is 30.5 Å². The van der Waals surface area contributed by atoms with Crippen LogP contribution >= 0.6 is 11.6 Å². The first-order chi connectivity index (χ1) is 10.1. The number of hydrogen-bond acceptors (Lipinski definition) is 3. The summed E-state index contributed by atoms with van der Waals surface area (Å²) in [6.07, 6.45) is 1.80. The Labute approximate surface area is 128 Å². The second kappa shape index (κ2) is 6.99. The van der Waals surface area contributed by atoms with E-state index in [2.05, 4.69) is 17.4 Å². The molecule has 0 unspecified atom stereocenters. The van der Waals surface area contributed by atoms with Crippen molar-refractivity contribution in [2.45, 2.75) is 12.8 Å². The van der Waals surface area contributed by atoms with Crippen LogP contribution in [0.5, 0.6) is 0 Å². The molecule has 0 aliphatic rings. The zero-order chi connectivity index (χ0) is 15.2. The molecule has 4 N–H and O–H groups in total. The number of aromatic carboxylic acids is 1. The molecule has 0 atom stereocenters. The molecule has 0 aliphatic carbocycles. The number of benzene rings is 2. The van der Waals surface area contributed by atoms with E-state index < -0.39 is 5.97 Å². The topological polar surface area (TPSA) is 75.3 Å². The lowest BCUT2D eigenvalue weighted by Gasteiger charge is -2.12. The Morgan fingerprint density at radius 3 is 2.62 bits per heavy atom. The summed E-state index contributed by atoms with van der Waals surface area (Å²) in [6.45, 7) is 0.638. The van der Waals surface area contributed by atoms with Crippen LogP contribution in [0.15, 0.2) is 42.5 Å². The minimum atomic E-state index is -1.05. The Bertz CT molecular complexity index is 630. The number of anilines is 2. The number of nitrogens with two attached hydrogens (primary N) is 1. The van der Waals surface area contributed by atoms with Gasteiger partial charge < -0.3 is 16.2 Å². The Kier molecular flexibility index (Phi) is 5.06. The highest BCUT2D eigenvalue weighted by Crippen LogP contribution is 2.29. The second-order valence-electron chi connectivity index (χ2n) is 4.75. The van der Waals surface area contributed by atoms with E-state index in [9.17, 15) is 9.90 Å². The summed E-state index contributed by atoms with van der Waals surface area (Å²) in [4.78, 5) is 11.2. The number of carbonyl (C=O) groups is 1. The monoisotopic (exact) mass is 304 g/mol. The number of aryl methyl sites for hydroxylation is 1. The van der Waals surface area contributed by atoms with Gasteiger partial charge in [0.2, 0.25) is 0 Å². The average Bonchev–Trinajstić information content (AvgIpc) is 2.45. The molecule has 0 saturated carbocycles. The van der Waals surface area contributed by atoms with E-state index in [-0.39, 0.29) is 5.56 Å². The molecule has 0 saturated heterocycles. The molecule has 110 valence electrons. The van der Waals surface area contributed by atoms with Crippen LogP contribution in [0.4, 0.5) is 11.4 Å². The highest BCUT2D eigenvalue weighted by atomic mass is 35.5. The smallest absolute Gasteiger partial charge is 0.337 e. The molecule has 0 amide bonds. The lowest BCUT2D eigenvalue weighted by Crippen LogP contribution is -2.09. The first-order valence-corrected chi connectivity index (χ1v) is 7.06. The number of hydrogen-bond donors (Lipinski definition) is 3. The van der Waals surface area contributed by atoms with Crippen molar-refractivity contribution < 1.29 is 9.90 Å². The van der Waals surface area contributed by atoms with Gasteiger partial charge in [-0.3, -0.25) is 0 Å². The molecule has 2 aromatic carbocycles. The van der Waals surface area contributed by atoms with E-state index in [4.69, 9.17) is 17.3 Å². The molecular formula is C16H17ClN2O2. The fourth-order valence-electron chi connectivity index (χ4n) is 2.13. The second-order valence-corrected chi connectivity index (χ2v) is 5.15. The van der Waals surface area contributed by atoms with Crippen molar-refractivity contribution in [3.05, 3.63) is 58.6 Å². The molecule has 0 radical (unpaired) electrons. The Hall–Kier alpha value is -2.20. The zero-order valence-electron chi connectivity index (χ0n) is 11.5. The van der Waals surface area contributed by atoms with Crippen LogP contribution in [-0.2, 0) is 6.42 Å². The third-order valence-corrected chi connectivity index (χ3v) is 3.43. The highest BCUT2D eigenvalue weighted by molar-refractivity contribution is 6.34. The predicted molar refractivity (Wildman–Crippen MR) is 86.1 cm³/mol. The number of carboxylic acid groups (broad SMARTS) is 1. The van der Waals surface area contributed by atoms with Gasteiger partial charge in [-0.2, -0.15) is 0 Å². The van der Waals surface area contributed by atoms with Crippen molar-refractivity contribution >= 4 is 28.9 Å². The molecule has 0 aromatic heterocycles. The van der Waals surface area contributed by atoms with Gasteiger partial charge in [-0.15, -0.1) is 0 Å². The molecule has 5 heteroatoms. The molecule has 4 nitrogen and oxygen atoms in total. The van der Waals surface area contributed by atoms with Crippen LogP contribution in [0, 0.1) is 0 Å². The van der Waals surface area contributed by atoms with E-state index in [0.717, 1.165) is 12.8 Å². The molecule has 0 spiro atoms. The van der Waals surface area contributed by atoms with E-state index >= 15 is 0 Å². The average molecular weight is 305 g/mol. The van der Waals surface area contributed by atoms with Gasteiger partial charge in [0.1, 0.15) is 0 Å². The maximum atomic E-state index is 11.2. The number of nitrogens with one attached hydrogen (secondary N) is 1. The highest BCUT2D eigenvalue weighted by Gasteiger charge is 2.14. The minimum Gasteiger partial charge on any atom is -0.478 e. The zero-order valence-corrected chi connectivity index (χ0v) is 12.2. The Morgan fingerprint density at radius 2 is 1.95 bits per heavy atom. The van der Waals surface area contributed by atoms with Gasteiger partial charge in [-0.1, -0.05) is 41.9 Å². The van der Waals surface area contributed by atoms with Crippen molar-refractivity contribution in [1.29, 1.82) is 0 Å². The summed E-state index contributed by atoms with van der Waals surface area (Å²) in [5, 5.41) is 12.6. The minimum absolute atomic E-state index is 0.0970. The Balaban J connectivity index is 1.98. The van der Waals surface area contributed by atoms with Crippen molar-refractivity contribution in [3.63, 3.8) is 0 Å². The van der Waals surface area contributed by atoms with Crippen molar-refractivity contribution in [2.24, 2.45) is 0 Å². The van der Waals surface area contributed by atoms with Crippen molar-refractivity contribution in [1.82, 2.24) is 0 Å². The Morgan fingerprint density at radius 1 is 1.24 bits per heavy atom. The summed E-state index contributed by atoms with van der Waals surface area (Å²) in [7, 11) is 0. The third-order valence-electron chi connectivity index (χ3n) is 3.13. The van der Waals surface area contributed by atoms with E-state index in [1.54, 1.807) is 6.07 Å². The largest absolute Gasteiger partial charge is 0.478 e. The summed E-state index contributed by atoms with van der Waals surface area (Å²) in [5.74, 6) is -1.05. The number of halogens is 1. The van der Waals surface area contributed by atoms with Gasteiger partial charge in [0.25, 0.3) is 0 Å². The van der Waals surface area contributed by atoms with Crippen LogP contribution in [0.3, 0.4) is 0 Å². The number of carboxylic acids is 1. The normalized spacial score (nSPS) is 10.3. The van der Waals surface area contributed by atoms with E-state index in [0.29, 0.717) is 22.9 Å². The van der Waals surface area contributed by atoms with Gasteiger partial charge in [0.15, 0.2) is 0 Å². The first kappa shape index (κ1) is 15.2. The van der Waals surface area contributed by atoms with Gasteiger partial charge in [0.05, 0.1) is 16.3 Å². The fraction of sp³-hybridized carbons (Fsp3) is 0.188. The first-order valence-electron chi connectivity index (χ1n) is 6.68. The maximum absolute atomic E-state index is 11.2. The molecule has 0 heterocycles. The number of rotatable bonds is 6. The van der Waals surface area contributed by atoms with E-state index in [1.165, 1.54) is 11.6 Å². The third kappa shape index (κ3) is 4.13. The maximum Gasteiger partial charge on any atom is 0.337 e. The molecule has 0 bridgehead atoms. The summed E-state index contributed by atoms with van der Waals surface area (Å²) >= 11 is 6.07. The van der Waals surface area contributed by atoms with Crippen LogP contribution in [-0.4, -0.2) is 17.6 Å². The van der Waals surface area contributed by atoms with Crippen LogP contribution < -0.4 is 11.1 Å².